The molecule has 0 bridgehead atoms. The zero-order valence-electron chi connectivity index (χ0n) is 10.6. The van der Waals surface area contributed by atoms with Gasteiger partial charge >= 0.3 is 0 Å². The van der Waals surface area contributed by atoms with Crippen molar-refractivity contribution in [3.8, 4) is 11.4 Å². The molecule has 96 valence electrons. The van der Waals surface area contributed by atoms with E-state index in [9.17, 15) is 0 Å². The van der Waals surface area contributed by atoms with Gasteiger partial charge in [-0.2, -0.15) is 0 Å². The molecule has 0 aliphatic carbocycles. The summed E-state index contributed by atoms with van der Waals surface area (Å²) >= 11 is 5.96. The van der Waals surface area contributed by atoms with Crippen molar-refractivity contribution in [3.63, 3.8) is 0 Å². The molecule has 19 heavy (non-hydrogen) atoms. The summed E-state index contributed by atoms with van der Waals surface area (Å²) in [5.74, 6) is 1.69. The lowest BCUT2D eigenvalue weighted by Gasteiger charge is -2.07. The number of halogens is 1. The Bertz CT molecular complexity index is 734. The predicted molar refractivity (Wildman–Crippen MR) is 75.2 cm³/mol. The maximum Gasteiger partial charge on any atom is 0.166 e. The molecule has 1 aromatic carbocycles. The predicted octanol–water partition coefficient (Wildman–Crippen LogP) is 3.39. The van der Waals surface area contributed by atoms with Crippen molar-refractivity contribution >= 4 is 22.8 Å². The SMILES string of the molecule is COc1ccc(-n2c(C)nc3ccc(Cl)nc32)cc1. The van der Waals surface area contributed by atoms with Crippen LogP contribution in [0.2, 0.25) is 5.15 Å². The molecule has 0 saturated heterocycles. The van der Waals surface area contributed by atoms with Gasteiger partial charge in [-0.1, -0.05) is 11.6 Å². The van der Waals surface area contributed by atoms with Crippen molar-refractivity contribution in [1.82, 2.24) is 14.5 Å². The molecule has 0 fully saturated rings. The Labute approximate surface area is 115 Å². The Balaban J connectivity index is 2.22. The lowest BCUT2D eigenvalue weighted by Crippen LogP contribution is -1.98. The normalized spacial score (nSPS) is 10.9. The number of hydrogen-bond donors (Lipinski definition) is 0. The second kappa shape index (κ2) is 4.55. The fourth-order valence-corrected chi connectivity index (χ4v) is 2.23. The number of benzene rings is 1. The number of aryl methyl sites for hydroxylation is 1. The molecule has 0 spiro atoms. The Kier molecular flexibility index (Phi) is 2.87. The minimum atomic E-state index is 0.460. The van der Waals surface area contributed by atoms with Gasteiger partial charge in [0.25, 0.3) is 0 Å². The van der Waals surface area contributed by atoms with Crippen LogP contribution in [0, 0.1) is 6.92 Å². The van der Waals surface area contributed by atoms with Gasteiger partial charge in [-0.3, -0.25) is 4.57 Å². The number of hydrogen-bond acceptors (Lipinski definition) is 3. The number of aromatic nitrogens is 3. The molecule has 0 N–H and O–H groups in total. The third-order valence-electron chi connectivity index (χ3n) is 2.97. The third-order valence-corrected chi connectivity index (χ3v) is 3.18. The minimum absolute atomic E-state index is 0.460. The molecule has 4 nitrogen and oxygen atoms in total. The van der Waals surface area contributed by atoms with Gasteiger partial charge in [0.1, 0.15) is 22.2 Å². The van der Waals surface area contributed by atoms with Crippen molar-refractivity contribution in [2.24, 2.45) is 0 Å². The lowest BCUT2D eigenvalue weighted by atomic mass is 10.3. The van der Waals surface area contributed by atoms with E-state index in [2.05, 4.69) is 9.97 Å². The van der Waals surface area contributed by atoms with Gasteiger partial charge in [0.2, 0.25) is 0 Å². The third kappa shape index (κ3) is 2.04. The van der Waals surface area contributed by atoms with Crippen LogP contribution >= 0.6 is 11.6 Å². The van der Waals surface area contributed by atoms with E-state index in [1.807, 2.05) is 41.8 Å². The van der Waals surface area contributed by atoms with Crippen LogP contribution in [0.1, 0.15) is 5.82 Å². The van der Waals surface area contributed by atoms with Crippen LogP contribution in [0.4, 0.5) is 0 Å². The van der Waals surface area contributed by atoms with Gasteiger partial charge in [0.05, 0.1) is 7.11 Å². The molecule has 0 atom stereocenters. The Morgan fingerprint density at radius 3 is 2.47 bits per heavy atom. The highest BCUT2D eigenvalue weighted by Gasteiger charge is 2.11. The van der Waals surface area contributed by atoms with E-state index in [4.69, 9.17) is 16.3 Å². The van der Waals surface area contributed by atoms with Crippen LogP contribution in [0.5, 0.6) is 5.75 Å². The lowest BCUT2D eigenvalue weighted by molar-refractivity contribution is 0.414. The summed E-state index contributed by atoms with van der Waals surface area (Å²) in [6, 6.07) is 11.4. The highest BCUT2D eigenvalue weighted by Crippen LogP contribution is 2.23. The zero-order valence-corrected chi connectivity index (χ0v) is 11.3. The summed E-state index contributed by atoms with van der Waals surface area (Å²) in [7, 11) is 1.65. The quantitative estimate of drug-likeness (QED) is 0.672. The molecule has 3 rings (SSSR count). The number of ether oxygens (including phenoxy) is 1. The molecule has 2 heterocycles. The minimum Gasteiger partial charge on any atom is -0.497 e. The van der Waals surface area contributed by atoms with E-state index in [1.54, 1.807) is 13.2 Å². The first-order valence-electron chi connectivity index (χ1n) is 5.85. The van der Waals surface area contributed by atoms with Gasteiger partial charge in [-0.15, -0.1) is 0 Å². The van der Waals surface area contributed by atoms with E-state index in [-0.39, 0.29) is 0 Å². The summed E-state index contributed by atoms with van der Waals surface area (Å²) in [6.07, 6.45) is 0. The summed E-state index contributed by atoms with van der Waals surface area (Å²) in [6.45, 7) is 1.94. The van der Waals surface area contributed by atoms with Crippen molar-refractivity contribution in [3.05, 3.63) is 47.4 Å². The molecule has 0 aliphatic heterocycles. The summed E-state index contributed by atoms with van der Waals surface area (Å²) < 4.78 is 7.13. The van der Waals surface area contributed by atoms with E-state index in [1.165, 1.54) is 0 Å². The first-order valence-corrected chi connectivity index (χ1v) is 6.23. The number of pyridine rings is 1. The summed E-state index contributed by atoms with van der Waals surface area (Å²) in [5, 5.41) is 0.460. The average Bonchev–Trinajstić information content (AvgIpc) is 2.74. The smallest absolute Gasteiger partial charge is 0.166 e. The summed E-state index contributed by atoms with van der Waals surface area (Å²) in [4.78, 5) is 8.83. The van der Waals surface area contributed by atoms with Crippen molar-refractivity contribution in [2.75, 3.05) is 7.11 Å². The highest BCUT2D eigenvalue weighted by molar-refractivity contribution is 6.29. The molecule has 2 aromatic heterocycles. The number of rotatable bonds is 2. The maximum atomic E-state index is 5.96. The fraction of sp³-hybridized carbons (Fsp3) is 0.143. The number of imidazole rings is 1. The van der Waals surface area contributed by atoms with E-state index in [0.717, 1.165) is 28.4 Å². The molecule has 5 heteroatoms. The van der Waals surface area contributed by atoms with Crippen LogP contribution < -0.4 is 4.74 Å². The van der Waals surface area contributed by atoms with Gasteiger partial charge in [-0.25, -0.2) is 9.97 Å². The molecule has 0 amide bonds. The van der Waals surface area contributed by atoms with Gasteiger partial charge in [-0.05, 0) is 43.3 Å². The average molecular weight is 274 g/mol. The molecule has 3 aromatic rings. The maximum absolute atomic E-state index is 5.96. The topological polar surface area (TPSA) is 39.9 Å². The number of nitrogens with zero attached hydrogens (tertiary/aromatic N) is 3. The molecular weight excluding hydrogens is 262 g/mol. The van der Waals surface area contributed by atoms with Crippen LogP contribution in [0.3, 0.4) is 0 Å². The van der Waals surface area contributed by atoms with E-state index >= 15 is 0 Å². The second-order valence-electron chi connectivity index (χ2n) is 4.17. The summed E-state index contributed by atoms with van der Waals surface area (Å²) in [5.41, 5.74) is 2.57. The molecule has 0 radical (unpaired) electrons. The highest BCUT2D eigenvalue weighted by atomic mass is 35.5. The molecular formula is C14H12ClN3O. The van der Waals surface area contributed by atoms with E-state index < -0.39 is 0 Å². The Morgan fingerprint density at radius 1 is 1.05 bits per heavy atom. The standard InChI is InChI=1S/C14H12ClN3O/c1-9-16-12-7-8-13(15)17-14(12)18(9)10-3-5-11(19-2)6-4-10/h3-8H,1-2H3. The Morgan fingerprint density at radius 2 is 1.79 bits per heavy atom. The van der Waals surface area contributed by atoms with Gasteiger partial charge in [0, 0.05) is 5.69 Å². The molecule has 0 saturated carbocycles. The largest absolute Gasteiger partial charge is 0.497 e. The van der Waals surface area contributed by atoms with Crippen LogP contribution in [-0.4, -0.2) is 21.6 Å². The van der Waals surface area contributed by atoms with Crippen LogP contribution in [-0.2, 0) is 0 Å². The molecule has 0 aliphatic rings. The Hall–Kier alpha value is -2.07. The van der Waals surface area contributed by atoms with Crippen LogP contribution in [0.15, 0.2) is 36.4 Å². The first-order chi connectivity index (χ1) is 9.19. The van der Waals surface area contributed by atoms with Crippen molar-refractivity contribution < 1.29 is 4.74 Å². The molecule has 0 unspecified atom stereocenters. The number of fused-ring (bicyclic) bond motifs is 1. The number of methoxy groups -OCH3 is 1. The van der Waals surface area contributed by atoms with Crippen molar-refractivity contribution in [2.45, 2.75) is 6.92 Å². The monoisotopic (exact) mass is 273 g/mol. The second-order valence-corrected chi connectivity index (χ2v) is 4.56. The van der Waals surface area contributed by atoms with E-state index in [0.29, 0.717) is 5.15 Å². The van der Waals surface area contributed by atoms with Crippen LogP contribution in [0.25, 0.3) is 16.9 Å². The van der Waals surface area contributed by atoms with Gasteiger partial charge in [0.15, 0.2) is 5.65 Å². The van der Waals surface area contributed by atoms with Gasteiger partial charge < -0.3 is 4.74 Å². The fourth-order valence-electron chi connectivity index (χ4n) is 2.09. The zero-order chi connectivity index (χ0) is 13.4. The first kappa shape index (κ1) is 12.0. The van der Waals surface area contributed by atoms with Crippen molar-refractivity contribution in [1.29, 1.82) is 0 Å².